The summed E-state index contributed by atoms with van der Waals surface area (Å²) in [6, 6.07) is 21.4. The van der Waals surface area contributed by atoms with Gasteiger partial charge in [0.15, 0.2) is 0 Å². The summed E-state index contributed by atoms with van der Waals surface area (Å²) in [6.07, 6.45) is 7.14. The zero-order valence-corrected chi connectivity index (χ0v) is 21.1. The molecule has 1 unspecified atom stereocenters. The van der Waals surface area contributed by atoms with Crippen LogP contribution in [-0.2, 0) is 18.7 Å². The number of rotatable bonds is 7. The first-order chi connectivity index (χ1) is 16.3. The van der Waals surface area contributed by atoms with Gasteiger partial charge in [-0.05, 0) is 53.2 Å². The molecule has 2 aliphatic rings. The van der Waals surface area contributed by atoms with Gasteiger partial charge in [-0.2, -0.15) is 0 Å². The lowest BCUT2D eigenvalue weighted by atomic mass is 9.95. The maximum absolute atomic E-state index is 11.5. The predicted octanol–water partition coefficient (Wildman–Crippen LogP) is 4.77. The Morgan fingerprint density at radius 1 is 0.912 bits per heavy atom. The van der Waals surface area contributed by atoms with Gasteiger partial charge < -0.3 is 19.0 Å². The van der Waals surface area contributed by atoms with E-state index in [1.165, 1.54) is 16.6 Å². The smallest absolute Gasteiger partial charge is 0.352 e. The molecule has 2 aromatic rings. The first kappa shape index (κ1) is 24.3. The normalized spacial score (nSPS) is 23.0. The number of carboxylic acids is 1. The van der Waals surface area contributed by atoms with Crippen molar-refractivity contribution in [2.75, 3.05) is 0 Å². The number of carboxylic acid groups (broad SMARTS) is 1. The number of hydrogen-bond acceptors (Lipinski definition) is 4. The summed E-state index contributed by atoms with van der Waals surface area (Å²) in [5, 5.41) is 11.9. The van der Waals surface area contributed by atoms with Gasteiger partial charge in [0, 0.05) is 6.10 Å². The number of ether oxygens (including phenoxy) is 2. The fraction of sp³-hybridized carbons (Fsp3) is 0.393. The van der Waals surface area contributed by atoms with E-state index in [1.54, 1.807) is 12.2 Å². The average molecular weight is 479 g/mol. The highest BCUT2D eigenvalue weighted by molar-refractivity contribution is 6.99. The third-order valence-electron chi connectivity index (χ3n) is 6.72. The molecule has 1 atom stereocenters. The van der Waals surface area contributed by atoms with Crippen LogP contribution in [0.25, 0.3) is 0 Å². The van der Waals surface area contributed by atoms with E-state index < -0.39 is 20.4 Å². The minimum atomic E-state index is -2.59. The molecule has 1 aliphatic heterocycles. The Morgan fingerprint density at radius 3 is 1.94 bits per heavy atom. The van der Waals surface area contributed by atoms with Crippen LogP contribution in [0.15, 0.2) is 84.8 Å². The molecule has 34 heavy (non-hydrogen) atoms. The summed E-state index contributed by atoms with van der Waals surface area (Å²) >= 11 is 0. The van der Waals surface area contributed by atoms with Crippen molar-refractivity contribution in [3.63, 3.8) is 0 Å². The van der Waals surface area contributed by atoms with Crippen LogP contribution in [0.3, 0.4) is 0 Å². The molecule has 1 heterocycles. The van der Waals surface area contributed by atoms with Gasteiger partial charge in [0.25, 0.3) is 14.4 Å². The summed E-state index contributed by atoms with van der Waals surface area (Å²) < 4.78 is 18.6. The number of carbonyl (C=O) groups is 1. The van der Waals surface area contributed by atoms with Gasteiger partial charge >= 0.3 is 5.97 Å². The Labute approximate surface area is 203 Å². The summed E-state index contributed by atoms with van der Waals surface area (Å²) in [4.78, 5) is 11.5. The molecular weight excluding hydrogens is 444 g/mol. The Bertz CT molecular complexity index is 978. The fourth-order valence-electron chi connectivity index (χ4n) is 5.10. The minimum absolute atomic E-state index is 0.0396. The monoisotopic (exact) mass is 478 g/mol. The van der Waals surface area contributed by atoms with Gasteiger partial charge in [-0.15, -0.1) is 0 Å². The van der Waals surface area contributed by atoms with Gasteiger partial charge in [0.1, 0.15) is 5.76 Å². The third kappa shape index (κ3) is 4.98. The van der Waals surface area contributed by atoms with Crippen molar-refractivity contribution in [3.8, 4) is 0 Å². The van der Waals surface area contributed by atoms with E-state index in [0.29, 0.717) is 5.76 Å². The Hall–Kier alpha value is -2.83. The second kappa shape index (κ2) is 10.2. The van der Waals surface area contributed by atoms with E-state index in [4.69, 9.17) is 13.9 Å². The highest BCUT2D eigenvalue weighted by atomic mass is 28.4. The molecule has 2 aromatic carbocycles. The first-order valence-corrected chi connectivity index (χ1v) is 13.9. The lowest BCUT2D eigenvalue weighted by Gasteiger charge is -2.46. The van der Waals surface area contributed by atoms with Gasteiger partial charge in [-0.25, -0.2) is 4.79 Å². The largest absolute Gasteiger partial charge is 0.490 e. The van der Waals surface area contributed by atoms with Crippen molar-refractivity contribution >= 4 is 24.7 Å². The van der Waals surface area contributed by atoms with Crippen molar-refractivity contribution < 1.29 is 23.8 Å². The topological polar surface area (TPSA) is 65.0 Å². The molecule has 1 aliphatic carbocycles. The van der Waals surface area contributed by atoms with Crippen molar-refractivity contribution in [3.05, 3.63) is 84.8 Å². The van der Waals surface area contributed by atoms with E-state index in [2.05, 4.69) is 81.4 Å². The Morgan fingerprint density at radius 2 is 1.44 bits per heavy atom. The molecule has 1 N–H and O–H groups in total. The van der Waals surface area contributed by atoms with E-state index >= 15 is 0 Å². The number of benzene rings is 2. The van der Waals surface area contributed by atoms with Crippen LogP contribution in [-0.4, -0.2) is 37.7 Å². The van der Waals surface area contributed by atoms with Gasteiger partial charge in [-0.3, -0.25) is 0 Å². The van der Waals surface area contributed by atoms with E-state index in [9.17, 15) is 9.90 Å². The summed E-state index contributed by atoms with van der Waals surface area (Å²) in [7, 11) is -2.59. The maximum Gasteiger partial charge on any atom is 0.352 e. The molecule has 0 saturated heterocycles. The summed E-state index contributed by atoms with van der Waals surface area (Å²) in [5.74, 6) is -0.675. The van der Waals surface area contributed by atoms with Crippen molar-refractivity contribution in [2.24, 2.45) is 0 Å². The van der Waals surface area contributed by atoms with E-state index in [-0.39, 0.29) is 17.2 Å². The molecule has 5 nitrogen and oxygen atoms in total. The lowest BCUT2D eigenvalue weighted by Crippen LogP contribution is -2.67. The van der Waals surface area contributed by atoms with Crippen molar-refractivity contribution in [1.82, 2.24) is 0 Å². The number of allylic oxidation sites excluding steroid dienone is 2. The molecule has 0 amide bonds. The zero-order chi connectivity index (χ0) is 24.2. The SMILES string of the molecule is CC(C)(C)[Si](O[C@H]1CC[C@H](OC2=CC=COC2C(=O)O)CC1)(c1ccccc1)c1ccccc1. The standard InChI is InChI=1S/C28H34O5Si/c1-28(2,3)34(23-11-6-4-7-12-23,24-13-8-5-9-14-24)33-22-18-16-21(17-19-22)32-25-15-10-20-31-26(25)27(29)30/h4-15,20-22,26H,16-19H2,1-3H3,(H,29,30)/t21-,22-,26?. The molecular formula is C28H34O5Si. The van der Waals surface area contributed by atoms with Gasteiger partial charge in [-0.1, -0.05) is 81.4 Å². The van der Waals surface area contributed by atoms with E-state index in [1.807, 2.05) is 0 Å². The molecule has 1 fully saturated rings. The molecule has 6 heteroatoms. The molecule has 0 bridgehead atoms. The van der Waals surface area contributed by atoms with Crippen molar-refractivity contribution in [1.29, 1.82) is 0 Å². The number of aliphatic carboxylic acids is 1. The Kier molecular flexibility index (Phi) is 7.29. The fourth-order valence-corrected chi connectivity index (χ4v) is 9.85. The van der Waals surface area contributed by atoms with Crippen LogP contribution < -0.4 is 10.4 Å². The predicted molar refractivity (Wildman–Crippen MR) is 136 cm³/mol. The maximum atomic E-state index is 11.5. The van der Waals surface area contributed by atoms with Crippen LogP contribution in [0.1, 0.15) is 46.5 Å². The summed E-state index contributed by atoms with van der Waals surface area (Å²) in [6.45, 7) is 6.88. The molecule has 180 valence electrons. The van der Waals surface area contributed by atoms with E-state index in [0.717, 1.165) is 25.7 Å². The van der Waals surface area contributed by atoms with Crippen molar-refractivity contribution in [2.45, 2.75) is 69.8 Å². The van der Waals surface area contributed by atoms with Crippen LogP contribution in [0.2, 0.25) is 5.04 Å². The minimum Gasteiger partial charge on any atom is -0.490 e. The Balaban J connectivity index is 1.53. The van der Waals surface area contributed by atoms with Crippen LogP contribution >= 0.6 is 0 Å². The molecule has 0 aromatic heterocycles. The highest BCUT2D eigenvalue weighted by Crippen LogP contribution is 2.39. The second-order valence-corrected chi connectivity index (χ2v) is 14.3. The first-order valence-electron chi connectivity index (χ1n) is 12.0. The molecule has 4 rings (SSSR count). The quantitative estimate of drug-likeness (QED) is 0.581. The van der Waals surface area contributed by atoms with Gasteiger partial charge in [0.2, 0.25) is 0 Å². The van der Waals surface area contributed by atoms with Crippen LogP contribution in [0.4, 0.5) is 0 Å². The second-order valence-electron chi connectivity index (χ2n) is 10.0. The van der Waals surface area contributed by atoms with Crippen LogP contribution in [0.5, 0.6) is 0 Å². The molecule has 0 spiro atoms. The highest BCUT2D eigenvalue weighted by Gasteiger charge is 2.51. The number of hydrogen-bond donors (Lipinski definition) is 1. The lowest BCUT2D eigenvalue weighted by molar-refractivity contribution is -0.148. The molecule has 0 radical (unpaired) electrons. The summed E-state index contributed by atoms with van der Waals surface area (Å²) in [5.41, 5.74) is 0. The zero-order valence-electron chi connectivity index (χ0n) is 20.1. The third-order valence-corrected chi connectivity index (χ3v) is 11.8. The molecule has 1 saturated carbocycles. The average Bonchev–Trinajstić information content (AvgIpc) is 2.84. The van der Waals surface area contributed by atoms with Gasteiger partial charge in [0.05, 0.1) is 12.4 Å². The van der Waals surface area contributed by atoms with Crippen LogP contribution in [0, 0.1) is 0 Å².